The van der Waals surface area contributed by atoms with Crippen LogP contribution in [0.3, 0.4) is 0 Å². The first-order chi connectivity index (χ1) is 14.4. The second-order valence-electron chi connectivity index (χ2n) is 8.98. The number of halogens is 1. The van der Waals surface area contributed by atoms with E-state index in [9.17, 15) is 9.59 Å². The number of carbonyl (C=O) groups is 2. The Kier molecular flexibility index (Phi) is 8.27. The molecule has 0 spiro atoms. The first kappa shape index (κ1) is 24.9. The monoisotopic (exact) mass is 445 g/mol. The zero-order valence-electron chi connectivity index (χ0n) is 18.9. The summed E-state index contributed by atoms with van der Waals surface area (Å²) in [6, 6.07) is 15.5. The van der Waals surface area contributed by atoms with Crippen LogP contribution in [0.15, 0.2) is 48.5 Å². The number of hydrogen-bond acceptors (Lipinski definition) is 5. The van der Waals surface area contributed by atoms with Crippen LogP contribution in [-0.4, -0.2) is 29.7 Å². The van der Waals surface area contributed by atoms with Crippen LogP contribution >= 0.6 is 11.6 Å². The zero-order valence-corrected chi connectivity index (χ0v) is 19.7. The highest BCUT2D eigenvalue weighted by atomic mass is 35.5. The Balaban J connectivity index is 2.23. The molecule has 168 valence electrons. The van der Waals surface area contributed by atoms with Crippen LogP contribution in [0.5, 0.6) is 0 Å². The van der Waals surface area contributed by atoms with E-state index in [2.05, 4.69) is 0 Å². The van der Waals surface area contributed by atoms with E-state index < -0.39 is 23.0 Å². The summed E-state index contributed by atoms with van der Waals surface area (Å²) in [5, 5.41) is 0.674. The maximum absolute atomic E-state index is 12.9. The summed E-state index contributed by atoms with van der Waals surface area (Å²) < 4.78 is 10.7. The van der Waals surface area contributed by atoms with Gasteiger partial charge in [-0.3, -0.25) is 9.59 Å². The molecule has 2 atom stereocenters. The Morgan fingerprint density at radius 3 is 2.23 bits per heavy atom. The Bertz CT molecular complexity index is 900. The molecule has 0 fully saturated rings. The topological polar surface area (TPSA) is 78.6 Å². The summed E-state index contributed by atoms with van der Waals surface area (Å²) in [5.41, 5.74) is 7.27. The molecule has 0 aliphatic rings. The van der Waals surface area contributed by atoms with E-state index in [0.29, 0.717) is 11.4 Å². The van der Waals surface area contributed by atoms with Crippen LogP contribution in [-0.2, 0) is 25.5 Å². The number of benzene rings is 2. The lowest BCUT2D eigenvalue weighted by molar-refractivity contribution is -0.161. The summed E-state index contributed by atoms with van der Waals surface area (Å²) in [6.45, 7) is 8.98. The molecule has 0 aliphatic heterocycles. The summed E-state index contributed by atoms with van der Waals surface area (Å²) in [7, 11) is 0. The molecule has 1 unspecified atom stereocenters. The molecular weight excluding hydrogens is 414 g/mol. The van der Waals surface area contributed by atoms with E-state index in [1.165, 1.54) is 0 Å². The summed E-state index contributed by atoms with van der Waals surface area (Å²) in [4.78, 5) is 25.2. The highest BCUT2D eigenvalue weighted by Gasteiger charge is 2.37. The van der Waals surface area contributed by atoms with Crippen molar-refractivity contribution in [1.29, 1.82) is 0 Å². The SMILES string of the molecule is CCOC(=O)[C@@](C)(N)CC(Cc1ccc(-c2cccc(Cl)c2)cc1)C(=O)OC(C)(C)C. The highest BCUT2D eigenvalue weighted by molar-refractivity contribution is 6.30. The fourth-order valence-electron chi connectivity index (χ4n) is 3.30. The van der Waals surface area contributed by atoms with Gasteiger partial charge in [0, 0.05) is 5.02 Å². The molecule has 6 heteroatoms. The van der Waals surface area contributed by atoms with Gasteiger partial charge >= 0.3 is 11.9 Å². The van der Waals surface area contributed by atoms with E-state index in [0.717, 1.165) is 16.7 Å². The maximum atomic E-state index is 12.9. The van der Waals surface area contributed by atoms with Gasteiger partial charge in [-0.1, -0.05) is 48.0 Å². The summed E-state index contributed by atoms with van der Waals surface area (Å²) >= 11 is 6.09. The lowest BCUT2D eigenvalue weighted by atomic mass is 9.85. The fourth-order valence-corrected chi connectivity index (χ4v) is 3.49. The predicted octanol–water partition coefficient (Wildman–Crippen LogP) is 5.18. The van der Waals surface area contributed by atoms with Gasteiger partial charge in [0.1, 0.15) is 11.1 Å². The van der Waals surface area contributed by atoms with Crippen LogP contribution in [0.4, 0.5) is 0 Å². The molecular formula is C25H32ClNO4. The average Bonchev–Trinajstić information content (AvgIpc) is 2.67. The van der Waals surface area contributed by atoms with E-state index >= 15 is 0 Å². The average molecular weight is 446 g/mol. The van der Waals surface area contributed by atoms with Crippen molar-refractivity contribution < 1.29 is 19.1 Å². The highest BCUT2D eigenvalue weighted by Crippen LogP contribution is 2.27. The summed E-state index contributed by atoms with van der Waals surface area (Å²) in [5.74, 6) is -1.50. The third-order valence-corrected chi connectivity index (χ3v) is 4.98. The van der Waals surface area contributed by atoms with Crippen molar-refractivity contribution in [3.8, 4) is 11.1 Å². The number of rotatable bonds is 8. The molecule has 0 amide bonds. The minimum atomic E-state index is -1.29. The van der Waals surface area contributed by atoms with Gasteiger partial charge in [-0.2, -0.15) is 0 Å². The van der Waals surface area contributed by atoms with Gasteiger partial charge in [0.15, 0.2) is 0 Å². The van der Waals surface area contributed by atoms with Crippen molar-refractivity contribution in [2.75, 3.05) is 6.61 Å². The molecule has 2 rings (SSSR count). The van der Waals surface area contributed by atoms with Gasteiger partial charge in [0.2, 0.25) is 0 Å². The molecule has 0 aliphatic carbocycles. The van der Waals surface area contributed by atoms with Crippen molar-refractivity contribution >= 4 is 23.5 Å². The van der Waals surface area contributed by atoms with Crippen molar-refractivity contribution in [1.82, 2.24) is 0 Å². The van der Waals surface area contributed by atoms with Gasteiger partial charge in [0.05, 0.1) is 12.5 Å². The Hall–Kier alpha value is -2.37. The lowest BCUT2D eigenvalue weighted by Crippen LogP contribution is -2.49. The second kappa shape index (κ2) is 10.3. The van der Waals surface area contributed by atoms with Crippen molar-refractivity contribution in [2.45, 2.75) is 58.6 Å². The number of nitrogens with two attached hydrogens (primary N) is 1. The molecule has 0 heterocycles. The zero-order chi connectivity index (χ0) is 23.2. The molecule has 31 heavy (non-hydrogen) atoms. The number of ether oxygens (including phenoxy) is 2. The predicted molar refractivity (Wildman–Crippen MR) is 124 cm³/mol. The smallest absolute Gasteiger partial charge is 0.325 e. The quantitative estimate of drug-likeness (QED) is 0.566. The van der Waals surface area contributed by atoms with Gasteiger partial charge in [-0.15, -0.1) is 0 Å². The van der Waals surface area contributed by atoms with Crippen LogP contribution in [0.25, 0.3) is 11.1 Å². The number of esters is 2. The molecule has 0 aromatic heterocycles. The van der Waals surface area contributed by atoms with E-state index in [1.807, 2.05) is 69.3 Å². The van der Waals surface area contributed by atoms with Crippen LogP contribution in [0.1, 0.15) is 46.6 Å². The van der Waals surface area contributed by atoms with Crippen molar-refractivity contribution in [2.24, 2.45) is 11.7 Å². The first-order valence-corrected chi connectivity index (χ1v) is 10.8. The second-order valence-corrected chi connectivity index (χ2v) is 9.42. The maximum Gasteiger partial charge on any atom is 0.325 e. The molecule has 5 nitrogen and oxygen atoms in total. The molecule has 0 radical (unpaired) electrons. The number of carbonyl (C=O) groups excluding carboxylic acids is 2. The largest absolute Gasteiger partial charge is 0.465 e. The van der Waals surface area contributed by atoms with E-state index in [-0.39, 0.29) is 19.0 Å². The lowest BCUT2D eigenvalue weighted by Gasteiger charge is -2.29. The van der Waals surface area contributed by atoms with Crippen LogP contribution < -0.4 is 5.73 Å². The third-order valence-electron chi connectivity index (χ3n) is 4.75. The van der Waals surface area contributed by atoms with Gasteiger partial charge in [0.25, 0.3) is 0 Å². The minimum Gasteiger partial charge on any atom is -0.465 e. The normalized spacial score (nSPS) is 14.4. The van der Waals surface area contributed by atoms with Crippen molar-refractivity contribution in [3.63, 3.8) is 0 Å². The minimum absolute atomic E-state index is 0.122. The first-order valence-electron chi connectivity index (χ1n) is 10.4. The molecule has 2 aromatic carbocycles. The Labute approximate surface area is 189 Å². The molecule has 0 saturated heterocycles. The van der Waals surface area contributed by atoms with E-state index in [4.69, 9.17) is 26.8 Å². The molecule has 0 bridgehead atoms. The van der Waals surface area contributed by atoms with Crippen molar-refractivity contribution in [3.05, 3.63) is 59.1 Å². The number of hydrogen-bond donors (Lipinski definition) is 1. The fraction of sp³-hybridized carbons (Fsp3) is 0.440. The molecule has 2 N–H and O–H groups in total. The van der Waals surface area contributed by atoms with Gasteiger partial charge < -0.3 is 15.2 Å². The standard InChI is InChI=1S/C25H32ClNO4/c1-6-30-23(29)25(5,27)16-20(22(28)31-24(2,3)4)14-17-10-12-18(13-11-17)19-8-7-9-21(26)15-19/h7-13,15,20H,6,14,16,27H2,1-5H3/t20?,25-/m0/s1. The Morgan fingerprint density at radius 1 is 1.03 bits per heavy atom. The van der Waals surface area contributed by atoms with Gasteiger partial charge in [-0.25, -0.2) is 0 Å². The molecule has 0 saturated carbocycles. The molecule has 2 aromatic rings. The van der Waals surface area contributed by atoms with Gasteiger partial charge in [-0.05, 0) is 76.3 Å². The van der Waals surface area contributed by atoms with Crippen LogP contribution in [0.2, 0.25) is 5.02 Å². The van der Waals surface area contributed by atoms with Crippen LogP contribution in [0, 0.1) is 5.92 Å². The summed E-state index contributed by atoms with van der Waals surface area (Å²) in [6.07, 6.45) is 0.522. The third kappa shape index (κ3) is 7.67. The van der Waals surface area contributed by atoms with E-state index in [1.54, 1.807) is 13.8 Å². The Morgan fingerprint density at radius 2 is 1.68 bits per heavy atom.